The van der Waals surface area contributed by atoms with E-state index in [1.807, 2.05) is 43.3 Å². The summed E-state index contributed by atoms with van der Waals surface area (Å²) in [4.78, 5) is 15.8. The van der Waals surface area contributed by atoms with Gasteiger partial charge in [0.05, 0.1) is 5.25 Å². The molecule has 0 bridgehead atoms. The van der Waals surface area contributed by atoms with E-state index in [4.69, 9.17) is 11.6 Å². The molecule has 0 saturated carbocycles. The van der Waals surface area contributed by atoms with Gasteiger partial charge in [0.1, 0.15) is 0 Å². The predicted molar refractivity (Wildman–Crippen MR) is 108 cm³/mol. The minimum atomic E-state index is -0.178. The van der Waals surface area contributed by atoms with Gasteiger partial charge in [-0.3, -0.25) is 4.79 Å². The molecule has 0 radical (unpaired) electrons. The van der Waals surface area contributed by atoms with Crippen molar-refractivity contribution in [2.45, 2.75) is 36.3 Å². The number of hydrogen-bond donors (Lipinski definition) is 1. The van der Waals surface area contributed by atoms with E-state index in [0.29, 0.717) is 5.02 Å². The van der Waals surface area contributed by atoms with E-state index in [9.17, 15) is 4.79 Å². The summed E-state index contributed by atoms with van der Waals surface area (Å²) in [6, 6.07) is 15.7. The number of hydrogen-bond acceptors (Lipinski definition) is 3. The average molecular weight is 375 g/mol. The minimum absolute atomic E-state index is 0.00525. The Hall–Kier alpha value is -1.65. The van der Waals surface area contributed by atoms with Gasteiger partial charge in [-0.15, -0.1) is 11.8 Å². The van der Waals surface area contributed by atoms with E-state index < -0.39 is 0 Å². The number of piperidine rings is 1. The van der Waals surface area contributed by atoms with Crippen LogP contribution in [0.5, 0.6) is 0 Å². The first kappa shape index (κ1) is 18.2. The zero-order valence-corrected chi connectivity index (χ0v) is 15.9. The Labute approximate surface area is 158 Å². The molecule has 2 aromatic rings. The molecular formula is C20H23ClN2OS. The van der Waals surface area contributed by atoms with Crippen molar-refractivity contribution >= 4 is 40.6 Å². The van der Waals surface area contributed by atoms with Crippen LogP contribution in [-0.2, 0) is 4.79 Å². The van der Waals surface area contributed by atoms with Crippen molar-refractivity contribution in [2.75, 3.05) is 23.3 Å². The van der Waals surface area contributed by atoms with Crippen molar-refractivity contribution in [3.63, 3.8) is 0 Å². The van der Waals surface area contributed by atoms with Gasteiger partial charge in [-0.2, -0.15) is 0 Å². The monoisotopic (exact) mass is 374 g/mol. The number of rotatable bonds is 5. The van der Waals surface area contributed by atoms with Gasteiger partial charge in [0, 0.05) is 34.4 Å². The lowest BCUT2D eigenvalue weighted by Crippen LogP contribution is -2.29. The molecule has 3 nitrogen and oxygen atoms in total. The third-order valence-electron chi connectivity index (χ3n) is 4.35. The molecule has 0 spiro atoms. The molecule has 1 atom stereocenters. The van der Waals surface area contributed by atoms with E-state index in [1.54, 1.807) is 0 Å². The van der Waals surface area contributed by atoms with Crippen LogP contribution in [-0.4, -0.2) is 24.2 Å². The standard InChI is InChI=1S/C20H23ClN2OS/c1-15(25-19-11-5-16(21)6-12-19)20(24)22-17-7-9-18(10-8-17)23-13-3-2-4-14-23/h5-12,15H,2-4,13-14H2,1H3,(H,22,24)/t15-/m0/s1. The average Bonchev–Trinajstić information content (AvgIpc) is 2.65. The van der Waals surface area contributed by atoms with Crippen molar-refractivity contribution in [2.24, 2.45) is 0 Å². The number of benzene rings is 2. The van der Waals surface area contributed by atoms with E-state index in [1.165, 1.54) is 36.7 Å². The van der Waals surface area contributed by atoms with Gasteiger partial charge in [0.25, 0.3) is 0 Å². The molecule has 1 aliphatic heterocycles. The van der Waals surface area contributed by atoms with Crippen molar-refractivity contribution in [1.82, 2.24) is 0 Å². The molecule has 1 saturated heterocycles. The highest BCUT2D eigenvalue weighted by atomic mass is 35.5. The summed E-state index contributed by atoms with van der Waals surface area (Å²) in [7, 11) is 0. The second-order valence-electron chi connectivity index (χ2n) is 6.30. The molecule has 0 aliphatic carbocycles. The summed E-state index contributed by atoms with van der Waals surface area (Å²) in [5, 5.41) is 3.53. The van der Waals surface area contributed by atoms with Crippen molar-refractivity contribution in [3.8, 4) is 0 Å². The largest absolute Gasteiger partial charge is 0.372 e. The van der Waals surface area contributed by atoms with Crippen LogP contribution >= 0.6 is 23.4 Å². The third kappa shape index (κ3) is 5.16. The van der Waals surface area contributed by atoms with Gasteiger partial charge in [0.2, 0.25) is 5.91 Å². The predicted octanol–water partition coefficient (Wildman–Crippen LogP) is 5.45. The molecule has 0 aromatic heterocycles. The van der Waals surface area contributed by atoms with E-state index in [2.05, 4.69) is 22.3 Å². The fraction of sp³-hybridized carbons (Fsp3) is 0.350. The van der Waals surface area contributed by atoms with Crippen molar-refractivity contribution in [3.05, 3.63) is 53.6 Å². The number of halogens is 1. The summed E-state index contributed by atoms with van der Waals surface area (Å²) in [5.74, 6) is 0.00525. The maximum Gasteiger partial charge on any atom is 0.237 e. The number of nitrogens with zero attached hydrogens (tertiary/aromatic N) is 1. The Morgan fingerprint density at radius 3 is 2.32 bits per heavy atom. The van der Waals surface area contributed by atoms with Crippen LogP contribution < -0.4 is 10.2 Å². The van der Waals surface area contributed by atoms with Crippen LogP contribution in [0.4, 0.5) is 11.4 Å². The molecule has 1 heterocycles. The highest BCUT2D eigenvalue weighted by Gasteiger charge is 2.15. The van der Waals surface area contributed by atoms with Gasteiger partial charge >= 0.3 is 0 Å². The van der Waals surface area contributed by atoms with Gasteiger partial charge < -0.3 is 10.2 Å². The molecule has 1 amide bonds. The molecule has 0 unspecified atom stereocenters. The first-order valence-corrected chi connectivity index (χ1v) is 9.96. The van der Waals surface area contributed by atoms with Gasteiger partial charge in [-0.05, 0) is 74.7 Å². The molecule has 1 N–H and O–H groups in total. The number of anilines is 2. The second-order valence-corrected chi connectivity index (χ2v) is 8.15. The van der Waals surface area contributed by atoms with Crippen LogP contribution in [0, 0.1) is 0 Å². The Bertz CT molecular complexity index is 697. The summed E-state index contributed by atoms with van der Waals surface area (Å²) in [5.41, 5.74) is 2.08. The maximum absolute atomic E-state index is 12.4. The van der Waals surface area contributed by atoms with E-state index in [0.717, 1.165) is 23.7 Å². The van der Waals surface area contributed by atoms with Crippen LogP contribution in [0.15, 0.2) is 53.4 Å². The van der Waals surface area contributed by atoms with Crippen LogP contribution in [0.25, 0.3) is 0 Å². The second kappa shape index (κ2) is 8.63. The number of amides is 1. The molecule has 5 heteroatoms. The Morgan fingerprint density at radius 1 is 1.04 bits per heavy atom. The van der Waals surface area contributed by atoms with Gasteiger partial charge in [0.15, 0.2) is 0 Å². The topological polar surface area (TPSA) is 32.3 Å². The summed E-state index contributed by atoms with van der Waals surface area (Å²) < 4.78 is 0. The lowest BCUT2D eigenvalue weighted by atomic mass is 10.1. The molecule has 2 aromatic carbocycles. The Balaban J connectivity index is 1.55. The fourth-order valence-electron chi connectivity index (χ4n) is 2.92. The SMILES string of the molecule is C[C@H](Sc1ccc(Cl)cc1)C(=O)Nc1ccc(N2CCCCC2)cc1. The normalized spacial score (nSPS) is 15.7. The van der Waals surface area contributed by atoms with Crippen LogP contribution in [0.1, 0.15) is 26.2 Å². The molecular weight excluding hydrogens is 352 g/mol. The van der Waals surface area contributed by atoms with Crippen molar-refractivity contribution in [1.29, 1.82) is 0 Å². The van der Waals surface area contributed by atoms with E-state index >= 15 is 0 Å². The van der Waals surface area contributed by atoms with Gasteiger partial charge in [-0.1, -0.05) is 11.6 Å². The zero-order chi connectivity index (χ0) is 17.6. The first-order chi connectivity index (χ1) is 12.1. The number of carbonyl (C=O) groups excluding carboxylic acids is 1. The lowest BCUT2D eigenvalue weighted by Gasteiger charge is -2.28. The first-order valence-electron chi connectivity index (χ1n) is 8.70. The molecule has 3 rings (SSSR count). The fourth-order valence-corrected chi connectivity index (χ4v) is 3.92. The molecule has 132 valence electrons. The van der Waals surface area contributed by atoms with Gasteiger partial charge in [-0.25, -0.2) is 0 Å². The number of nitrogens with one attached hydrogen (secondary N) is 1. The Kier molecular flexibility index (Phi) is 6.27. The minimum Gasteiger partial charge on any atom is -0.372 e. The van der Waals surface area contributed by atoms with Crippen LogP contribution in [0.3, 0.4) is 0 Å². The summed E-state index contributed by atoms with van der Waals surface area (Å²) in [6.45, 7) is 4.16. The molecule has 25 heavy (non-hydrogen) atoms. The molecule has 1 aliphatic rings. The highest BCUT2D eigenvalue weighted by Crippen LogP contribution is 2.26. The summed E-state index contributed by atoms with van der Waals surface area (Å²) >= 11 is 7.42. The Morgan fingerprint density at radius 2 is 1.68 bits per heavy atom. The number of thioether (sulfide) groups is 1. The quantitative estimate of drug-likeness (QED) is 0.706. The summed E-state index contributed by atoms with van der Waals surface area (Å²) in [6.07, 6.45) is 3.85. The lowest BCUT2D eigenvalue weighted by molar-refractivity contribution is -0.115. The maximum atomic E-state index is 12.4. The van der Waals surface area contributed by atoms with E-state index in [-0.39, 0.29) is 11.2 Å². The highest BCUT2D eigenvalue weighted by molar-refractivity contribution is 8.00. The number of carbonyl (C=O) groups is 1. The smallest absolute Gasteiger partial charge is 0.237 e. The third-order valence-corrected chi connectivity index (χ3v) is 5.72. The molecule has 1 fully saturated rings. The van der Waals surface area contributed by atoms with Crippen molar-refractivity contribution < 1.29 is 4.79 Å². The van der Waals surface area contributed by atoms with Crippen LogP contribution in [0.2, 0.25) is 5.02 Å². The zero-order valence-electron chi connectivity index (χ0n) is 14.4.